The number of phenolic OH excluding ortho intramolecular Hbond substituents is 1. The highest BCUT2D eigenvalue weighted by Crippen LogP contribution is 2.28. The van der Waals surface area contributed by atoms with Gasteiger partial charge in [0.1, 0.15) is 6.20 Å². The van der Waals surface area contributed by atoms with E-state index in [1.165, 1.54) is 48.2 Å². The van der Waals surface area contributed by atoms with E-state index in [-0.39, 0.29) is 29.3 Å². The fourth-order valence-corrected chi connectivity index (χ4v) is 2.72. The average molecular weight is 440 g/mol. The lowest BCUT2D eigenvalue weighted by Gasteiger charge is -2.04. The molecular formula is C19H16N6O7. The molecule has 2 N–H and O–H groups in total. The fourth-order valence-electron chi connectivity index (χ4n) is 2.72. The summed E-state index contributed by atoms with van der Waals surface area (Å²) in [7, 11) is 1.38. The van der Waals surface area contributed by atoms with Crippen LogP contribution in [0, 0.1) is 20.2 Å². The summed E-state index contributed by atoms with van der Waals surface area (Å²) < 4.78 is 6.15. The number of amides is 1. The molecule has 0 atom stereocenters. The first-order valence-electron chi connectivity index (χ1n) is 8.94. The quantitative estimate of drug-likeness (QED) is 0.304. The Morgan fingerprint density at radius 1 is 1.22 bits per heavy atom. The van der Waals surface area contributed by atoms with Crippen molar-refractivity contribution in [1.82, 2.24) is 15.2 Å². The van der Waals surface area contributed by atoms with Gasteiger partial charge in [0.05, 0.1) is 29.7 Å². The minimum atomic E-state index is -0.933. The van der Waals surface area contributed by atoms with Gasteiger partial charge in [-0.1, -0.05) is 18.2 Å². The summed E-state index contributed by atoms with van der Waals surface area (Å²) in [5.41, 5.74) is 1.87. The summed E-state index contributed by atoms with van der Waals surface area (Å²) in [6.45, 7) is 0.0487. The monoisotopic (exact) mass is 440 g/mol. The van der Waals surface area contributed by atoms with E-state index in [2.05, 4.69) is 15.6 Å². The maximum atomic E-state index is 12.4. The highest BCUT2D eigenvalue weighted by Gasteiger charge is 2.25. The van der Waals surface area contributed by atoms with Crippen LogP contribution in [-0.2, 0) is 6.54 Å². The van der Waals surface area contributed by atoms with Gasteiger partial charge in [-0.25, -0.2) is 5.43 Å². The van der Waals surface area contributed by atoms with E-state index in [1.54, 1.807) is 6.07 Å². The van der Waals surface area contributed by atoms with Gasteiger partial charge in [0, 0.05) is 17.7 Å². The molecule has 1 heterocycles. The van der Waals surface area contributed by atoms with E-state index in [1.807, 2.05) is 0 Å². The molecule has 0 aliphatic carbocycles. The Bertz CT molecular complexity index is 1200. The molecular weight excluding hydrogens is 424 g/mol. The number of carbonyl (C=O) groups is 1. The van der Waals surface area contributed by atoms with Crippen molar-refractivity contribution in [2.24, 2.45) is 5.10 Å². The summed E-state index contributed by atoms with van der Waals surface area (Å²) in [6, 6.07) is 10.2. The minimum Gasteiger partial charge on any atom is -0.504 e. The molecule has 0 radical (unpaired) electrons. The summed E-state index contributed by atoms with van der Waals surface area (Å²) in [6.07, 6.45) is 2.23. The molecule has 2 aromatic carbocycles. The number of benzene rings is 2. The van der Waals surface area contributed by atoms with Crippen LogP contribution in [0.25, 0.3) is 0 Å². The van der Waals surface area contributed by atoms with Crippen molar-refractivity contribution in [2.45, 2.75) is 6.54 Å². The molecule has 0 unspecified atom stereocenters. The SMILES string of the molecule is COc1cccc(C=NNC(=O)c2nn(Cc3ccc([N+](=O)[O-])cc3)cc2[N+](=O)[O-])c1O. The molecule has 0 saturated carbocycles. The van der Waals surface area contributed by atoms with Crippen LogP contribution in [0.1, 0.15) is 21.6 Å². The number of hydrazone groups is 1. The Morgan fingerprint density at radius 3 is 2.56 bits per heavy atom. The van der Waals surface area contributed by atoms with Gasteiger partial charge in [0.2, 0.25) is 5.69 Å². The number of nitro benzene ring substituents is 1. The molecule has 0 spiro atoms. The van der Waals surface area contributed by atoms with Crippen LogP contribution < -0.4 is 10.2 Å². The molecule has 1 aromatic heterocycles. The normalized spacial score (nSPS) is 10.8. The number of hydrogen-bond donors (Lipinski definition) is 2. The van der Waals surface area contributed by atoms with Gasteiger partial charge in [0.15, 0.2) is 11.5 Å². The van der Waals surface area contributed by atoms with Crippen molar-refractivity contribution in [3.63, 3.8) is 0 Å². The molecule has 13 nitrogen and oxygen atoms in total. The number of hydrogen-bond acceptors (Lipinski definition) is 9. The largest absolute Gasteiger partial charge is 0.504 e. The maximum Gasteiger partial charge on any atom is 0.320 e. The van der Waals surface area contributed by atoms with E-state index in [0.717, 1.165) is 12.4 Å². The van der Waals surface area contributed by atoms with Crippen LogP contribution in [0.4, 0.5) is 11.4 Å². The first-order chi connectivity index (χ1) is 15.3. The smallest absolute Gasteiger partial charge is 0.320 e. The molecule has 1 amide bonds. The lowest BCUT2D eigenvalue weighted by molar-refractivity contribution is -0.385. The number of aromatic hydroxyl groups is 1. The zero-order valence-corrected chi connectivity index (χ0v) is 16.5. The van der Waals surface area contributed by atoms with Crippen LogP contribution in [-0.4, -0.2) is 44.0 Å². The van der Waals surface area contributed by atoms with Gasteiger partial charge in [-0.05, 0) is 17.7 Å². The van der Waals surface area contributed by atoms with Crippen LogP contribution in [0.15, 0.2) is 53.8 Å². The molecule has 0 saturated heterocycles. The number of nitrogens with zero attached hydrogens (tertiary/aromatic N) is 5. The Labute approximate surface area is 179 Å². The van der Waals surface area contributed by atoms with Gasteiger partial charge in [-0.3, -0.25) is 29.7 Å². The molecule has 13 heteroatoms. The number of methoxy groups -OCH3 is 1. The highest BCUT2D eigenvalue weighted by molar-refractivity contribution is 5.96. The van der Waals surface area contributed by atoms with Gasteiger partial charge in [-0.15, -0.1) is 0 Å². The molecule has 0 aliphatic heterocycles. The molecule has 0 bridgehead atoms. The van der Waals surface area contributed by atoms with Crippen molar-refractivity contribution >= 4 is 23.5 Å². The van der Waals surface area contributed by atoms with Crippen LogP contribution in [0.5, 0.6) is 11.5 Å². The third-order valence-corrected chi connectivity index (χ3v) is 4.27. The van der Waals surface area contributed by atoms with Crippen molar-refractivity contribution in [3.8, 4) is 11.5 Å². The van der Waals surface area contributed by atoms with Gasteiger partial charge < -0.3 is 9.84 Å². The first-order valence-corrected chi connectivity index (χ1v) is 8.94. The zero-order valence-electron chi connectivity index (χ0n) is 16.5. The Hall–Kier alpha value is -4.81. The summed E-state index contributed by atoms with van der Waals surface area (Å²) in [4.78, 5) is 33.2. The molecule has 32 heavy (non-hydrogen) atoms. The number of para-hydroxylation sites is 1. The number of nitro groups is 2. The van der Waals surface area contributed by atoms with Crippen LogP contribution >= 0.6 is 0 Å². The standard InChI is InChI=1S/C19H16N6O7/c1-32-16-4-2-3-13(18(16)26)9-20-21-19(27)17-15(25(30)31)11-23(22-17)10-12-5-7-14(8-6-12)24(28)29/h2-9,11,26H,10H2,1H3,(H,21,27). The van der Waals surface area contributed by atoms with E-state index >= 15 is 0 Å². The van der Waals surface area contributed by atoms with Gasteiger partial charge in [-0.2, -0.15) is 10.2 Å². The lowest BCUT2D eigenvalue weighted by atomic mass is 10.2. The van der Waals surface area contributed by atoms with Gasteiger partial charge in [0.25, 0.3) is 11.6 Å². The second kappa shape index (κ2) is 9.34. The number of non-ortho nitro benzene ring substituents is 1. The summed E-state index contributed by atoms with van der Waals surface area (Å²) >= 11 is 0. The molecule has 3 rings (SSSR count). The number of ether oxygens (including phenoxy) is 1. The van der Waals surface area contributed by atoms with Crippen molar-refractivity contribution < 1.29 is 24.5 Å². The second-order valence-electron chi connectivity index (χ2n) is 6.34. The first kappa shape index (κ1) is 21.9. The predicted molar refractivity (Wildman–Crippen MR) is 111 cm³/mol. The number of rotatable bonds is 8. The predicted octanol–water partition coefficient (Wildman–Crippen LogP) is 2.23. The van der Waals surface area contributed by atoms with E-state index in [9.17, 15) is 30.1 Å². The topological polar surface area (TPSA) is 175 Å². The Kier molecular flexibility index (Phi) is 6.39. The fraction of sp³-hybridized carbons (Fsp3) is 0.105. The number of nitrogens with one attached hydrogen (secondary N) is 1. The van der Waals surface area contributed by atoms with E-state index in [4.69, 9.17) is 4.74 Å². The van der Waals surface area contributed by atoms with Crippen LogP contribution in [0.2, 0.25) is 0 Å². The van der Waals surface area contributed by atoms with Crippen molar-refractivity contribution in [3.05, 3.63) is 85.7 Å². The zero-order chi connectivity index (χ0) is 23.3. The second-order valence-corrected chi connectivity index (χ2v) is 6.34. The third-order valence-electron chi connectivity index (χ3n) is 4.27. The number of phenols is 1. The Balaban J connectivity index is 1.76. The summed E-state index contributed by atoms with van der Waals surface area (Å²) in [5, 5.41) is 39.7. The maximum absolute atomic E-state index is 12.4. The number of carbonyl (C=O) groups excluding carboxylic acids is 1. The Morgan fingerprint density at radius 2 is 1.94 bits per heavy atom. The van der Waals surface area contributed by atoms with Crippen molar-refractivity contribution in [2.75, 3.05) is 7.11 Å². The minimum absolute atomic E-state index is 0.0487. The number of aromatic nitrogens is 2. The van der Waals surface area contributed by atoms with E-state index in [0.29, 0.717) is 5.56 Å². The van der Waals surface area contributed by atoms with Gasteiger partial charge >= 0.3 is 5.69 Å². The molecule has 0 fully saturated rings. The third kappa shape index (κ3) is 4.84. The van der Waals surface area contributed by atoms with Crippen molar-refractivity contribution in [1.29, 1.82) is 0 Å². The summed E-state index contributed by atoms with van der Waals surface area (Å²) in [5.74, 6) is -0.912. The molecule has 0 aliphatic rings. The molecule has 3 aromatic rings. The van der Waals surface area contributed by atoms with Crippen LogP contribution in [0.3, 0.4) is 0 Å². The average Bonchev–Trinajstić information content (AvgIpc) is 3.19. The van der Waals surface area contributed by atoms with E-state index < -0.39 is 27.1 Å². The lowest BCUT2D eigenvalue weighted by Crippen LogP contribution is -2.19. The highest BCUT2D eigenvalue weighted by atomic mass is 16.6. The molecule has 164 valence electrons.